The van der Waals surface area contributed by atoms with Crippen molar-refractivity contribution >= 4 is 33.3 Å². The fourth-order valence-electron chi connectivity index (χ4n) is 2.81. The second-order valence-electron chi connectivity index (χ2n) is 5.52. The Kier molecular flexibility index (Phi) is 3.76. The Balaban J connectivity index is 1.79. The number of piperidine rings is 1. The van der Waals surface area contributed by atoms with E-state index in [1.807, 2.05) is 0 Å². The summed E-state index contributed by atoms with van der Waals surface area (Å²) >= 11 is 1.66. The van der Waals surface area contributed by atoms with Crippen molar-refractivity contribution in [3.63, 3.8) is 0 Å². The van der Waals surface area contributed by atoms with Gasteiger partial charge < -0.3 is 16.0 Å². The summed E-state index contributed by atoms with van der Waals surface area (Å²) in [5.74, 6) is 1.22. The molecule has 3 heterocycles. The zero-order valence-corrected chi connectivity index (χ0v) is 12.8. The second kappa shape index (κ2) is 5.54. The summed E-state index contributed by atoms with van der Waals surface area (Å²) in [7, 11) is 2.20. The maximum absolute atomic E-state index is 5.80. The maximum Gasteiger partial charge on any atom is 0.223 e. The van der Waals surface area contributed by atoms with Gasteiger partial charge in [0.05, 0.1) is 5.39 Å². The van der Waals surface area contributed by atoms with E-state index in [0.717, 1.165) is 22.6 Å². The van der Waals surface area contributed by atoms with E-state index < -0.39 is 0 Å². The van der Waals surface area contributed by atoms with Gasteiger partial charge in [0.1, 0.15) is 10.6 Å². The largest absolute Gasteiger partial charge is 0.368 e. The average Bonchev–Trinajstić information content (AvgIpc) is 2.77. The molecule has 5 nitrogen and oxygen atoms in total. The predicted octanol–water partition coefficient (Wildman–Crippen LogP) is 2.48. The molecule has 0 amide bonds. The number of nitrogens with one attached hydrogen (secondary N) is 1. The molecule has 0 saturated carbocycles. The molecule has 1 fully saturated rings. The van der Waals surface area contributed by atoms with E-state index in [1.165, 1.54) is 30.7 Å². The smallest absolute Gasteiger partial charge is 0.223 e. The van der Waals surface area contributed by atoms with Crippen LogP contribution < -0.4 is 11.1 Å². The minimum atomic E-state index is 0.346. The molecular weight excluding hydrogens is 270 g/mol. The van der Waals surface area contributed by atoms with E-state index in [1.54, 1.807) is 11.3 Å². The van der Waals surface area contributed by atoms with Crippen molar-refractivity contribution in [2.24, 2.45) is 0 Å². The van der Waals surface area contributed by atoms with E-state index in [4.69, 9.17) is 5.73 Å². The molecule has 3 rings (SSSR count). The highest BCUT2D eigenvalue weighted by Gasteiger charge is 2.19. The predicted molar refractivity (Wildman–Crippen MR) is 85.3 cm³/mol. The maximum atomic E-state index is 5.80. The summed E-state index contributed by atoms with van der Waals surface area (Å²) in [5.41, 5.74) is 5.80. The van der Waals surface area contributed by atoms with Crippen LogP contribution in [0.5, 0.6) is 0 Å². The lowest BCUT2D eigenvalue weighted by molar-refractivity contribution is 0.194. The van der Waals surface area contributed by atoms with Crippen molar-refractivity contribution in [2.75, 3.05) is 31.2 Å². The van der Waals surface area contributed by atoms with Gasteiger partial charge in [0.2, 0.25) is 5.95 Å². The SMILES string of the molecule is Cc1cc2c(NCC3CCCCN3C)nc(N)nc2s1. The zero-order chi connectivity index (χ0) is 14.1. The molecule has 1 aliphatic rings. The summed E-state index contributed by atoms with van der Waals surface area (Å²) in [5, 5.41) is 4.56. The number of thiophene rings is 1. The molecule has 0 radical (unpaired) electrons. The highest BCUT2D eigenvalue weighted by Crippen LogP contribution is 2.29. The monoisotopic (exact) mass is 291 g/mol. The number of likely N-dealkylation sites (tertiary alicyclic amines) is 1. The third-order valence-electron chi connectivity index (χ3n) is 3.96. The summed E-state index contributed by atoms with van der Waals surface area (Å²) < 4.78 is 0. The molecule has 1 atom stereocenters. The number of likely N-dealkylation sites (N-methyl/N-ethyl adjacent to an activating group) is 1. The minimum Gasteiger partial charge on any atom is -0.368 e. The second-order valence-corrected chi connectivity index (χ2v) is 6.75. The Morgan fingerprint density at radius 3 is 3.10 bits per heavy atom. The molecule has 0 spiro atoms. The lowest BCUT2D eigenvalue weighted by atomic mass is 10.0. The number of rotatable bonds is 3. The van der Waals surface area contributed by atoms with Gasteiger partial charge in [-0.2, -0.15) is 4.98 Å². The number of anilines is 2. The van der Waals surface area contributed by atoms with E-state index in [9.17, 15) is 0 Å². The Morgan fingerprint density at radius 1 is 1.45 bits per heavy atom. The van der Waals surface area contributed by atoms with Crippen LogP contribution in [0.1, 0.15) is 24.1 Å². The Bertz CT molecular complexity index is 609. The molecule has 2 aromatic rings. The number of nitrogen functional groups attached to an aromatic ring is 1. The summed E-state index contributed by atoms with van der Waals surface area (Å²) in [4.78, 5) is 13.3. The van der Waals surface area contributed by atoms with Crippen LogP contribution in [-0.2, 0) is 0 Å². The molecule has 0 bridgehead atoms. The summed E-state index contributed by atoms with van der Waals surface area (Å²) in [6.07, 6.45) is 3.87. The van der Waals surface area contributed by atoms with E-state index >= 15 is 0 Å². The van der Waals surface area contributed by atoms with Gasteiger partial charge in [-0.1, -0.05) is 6.42 Å². The molecule has 3 N–H and O–H groups in total. The quantitative estimate of drug-likeness (QED) is 0.909. The van der Waals surface area contributed by atoms with Crippen molar-refractivity contribution in [3.8, 4) is 0 Å². The van der Waals surface area contributed by atoms with Crippen LogP contribution in [0.4, 0.5) is 11.8 Å². The Morgan fingerprint density at radius 2 is 2.30 bits per heavy atom. The molecule has 108 valence electrons. The molecule has 6 heteroatoms. The topological polar surface area (TPSA) is 67.1 Å². The fourth-order valence-corrected chi connectivity index (χ4v) is 3.70. The van der Waals surface area contributed by atoms with Gasteiger partial charge in [-0.15, -0.1) is 11.3 Å². The van der Waals surface area contributed by atoms with Gasteiger partial charge in [-0.25, -0.2) is 4.98 Å². The van der Waals surface area contributed by atoms with Crippen LogP contribution in [0.2, 0.25) is 0 Å². The molecule has 1 saturated heterocycles. The van der Waals surface area contributed by atoms with Crippen LogP contribution in [-0.4, -0.2) is 41.0 Å². The van der Waals surface area contributed by atoms with Gasteiger partial charge in [-0.3, -0.25) is 0 Å². The number of fused-ring (bicyclic) bond motifs is 1. The molecule has 20 heavy (non-hydrogen) atoms. The summed E-state index contributed by atoms with van der Waals surface area (Å²) in [6.45, 7) is 4.18. The van der Waals surface area contributed by atoms with Crippen LogP contribution >= 0.6 is 11.3 Å². The Hall–Kier alpha value is -1.40. The van der Waals surface area contributed by atoms with Gasteiger partial charge in [-0.05, 0) is 39.4 Å². The van der Waals surface area contributed by atoms with Gasteiger partial charge in [0.15, 0.2) is 0 Å². The van der Waals surface area contributed by atoms with Crippen LogP contribution in [0.15, 0.2) is 6.07 Å². The first-order valence-corrected chi connectivity index (χ1v) is 7.93. The van der Waals surface area contributed by atoms with E-state index in [2.05, 4.69) is 40.2 Å². The van der Waals surface area contributed by atoms with Crippen LogP contribution in [0, 0.1) is 6.92 Å². The summed E-state index contributed by atoms with van der Waals surface area (Å²) in [6, 6.07) is 2.71. The van der Waals surface area contributed by atoms with Crippen molar-refractivity contribution in [2.45, 2.75) is 32.2 Å². The third kappa shape index (κ3) is 2.71. The van der Waals surface area contributed by atoms with Crippen LogP contribution in [0.25, 0.3) is 10.2 Å². The minimum absolute atomic E-state index is 0.346. The number of aryl methyl sites for hydroxylation is 1. The molecular formula is C14H21N5S. The number of nitrogens with two attached hydrogens (primary N) is 1. The van der Waals surface area contributed by atoms with Crippen molar-refractivity contribution in [1.29, 1.82) is 0 Å². The third-order valence-corrected chi connectivity index (χ3v) is 4.90. The molecule has 0 aliphatic carbocycles. The molecule has 0 aromatic carbocycles. The Labute approximate surface area is 123 Å². The van der Waals surface area contributed by atoms with Gasteiger partial charge >= 0.3 is 0 Å². The first-order chi connectivity index (χ1) is 9.63. The fraction of sp³-hybridized carbons (Fsp3) is 0.571. The zero-order valence-electron chi connectivity index (χ0n) is 12.0. The number of aromatic nitrogens is 2. The first-order valence-electron chi connectivity index (χ1n) is 7.11. The van der Waals surface area contributed by atoms with Gasteiger partial charge in [0, 0.05) is 17.5 Å². The van der Waals surface area contributed by atoms with Gasteiger partial charge in [0.25, 0.3) is 0 Å². The normalized spacial score (nSPS) is 20.4. The highest BCUT2D eigenvalue weighted by molar-refractivity contribution is 7.18. The number of nitrogens with zero attached hydrogens (tertiary/aromatic N) is 3. The standard InChI is InChI=1S/C14H21N5S/c1-9-7-11-12(17-14(15)18-13(11)20-9)16-8-10-5-3-4-6-19(10)2/h7,10H,3-6,8H2,1-2H3,(H3,15,16,17,18). The van der Waals surface area contributed by atoms with Crippen molar-refractivity contribution in [1.82, 2.24) is 14.9 Å². The van der Waals surface area contributed by atoms with E-state index in [0.29, 0.717) is 12.0 Å². The number of hydrogen-bond acceptors (Lipinski definition) is 6. The number of hydrogen-bond donors (Lipinski definition) is 2. The van der Waals surface area contributed by atoms with Crippen LogP contribution in [0.3, 0.4) is 0 Å². The highest BCUT2D eigenvalue weighted by atomic mass is 32.1. The average molecular weight is 291 g/mol. The van der Waals surface area contributed by atoms with E-state index in [-0.39, 0.29) is 0 Å². The van der Waals surface area contributed by atoms with Crippen molar-refractivity contribution < 1.29 is 0 Å². The first kappa shape index (κ1) is 13.6. The molecule has 1 unspecified atom stereocenters. The lowest BCUT2D eigenvalue weighted by Gasteiger charge is -2.32. The van der Waals surface area contributed by atoms with Crippen molar-refractivity contribution in [3.05, 3.63) is 10.9 Å². The molecule has 1 aliphatic heterocycles. The molecule has 2 aromatic heterocycles. The lowest BCUT2D eigenvalue weighted by Crippen LogP contribution is -2.40.